The Balaban J connectivity index is 2.97. The van der Waals surface area contributed by atoms with E-state index in [2.05, 4.69) is 24.5 Å². The van der Waals surface area contributed by atoms with Gasteiger partial charge in [0.2, 0.25) is 0 Å². The molecule has 0 aliphatic heterocycles. The number of nitrogens with one attached hydrogen (secondary N) is 2. The van der Waals surface area contributed by atoms with Crippen LogP contribution in [0.15, 0.2) is 24.3 Å². The number of hydrogen-bond acceptors (Lipinski definition) is 2. The lowest BCUT2D eigenvalue weighted by Crippen LogP contribution is -2.47. The first-order valence-corrected chi connectivity index (χ1v) is 5.13. The molecular weight excluding hydrogens is 191 g/mol. The van der Waals surface area contributed by atoms with Gasteiger partial charge in [0.1, 0.15) is 5.82 Å². The second-order valence-electron chi connectivity index (χ2n) is 4.24. The smallest absolute Gasteiger partial charge is 0.123 e. The van der Waals surface area contributed by atoms with E-state index in [-0.39, 0.29) is 17.4 Å². The summed E-state index contributed by atoms with van der Waals surface area (Å²) in [6, 6.07) is 6.77. The molecule has 0 fully saturated rings. The summed E-state index contributed by atoms with van der Waals surface area (Å²) < 4.78 is 12.8. The highest BCUT2D eigenvalue weighted by molar-refractivity contribution is 5.23. The SMILES string of the molecule is CNC(c1ccc(F)cc1)C(C)(C)NC. The van der Waals surface area contributed by atoms with Gasteiger partial charge in [-0.2, -0.15) is 0 Å². The molecule has 1 aromatic rings. The molecular formula is C12H19FN2. The van der Waals surface area contributed by atoms with Gasteiger partial charge in [-0.3, -0.25) is 0 Å². The Morgan fingerprint density at radius 2 is 1.67 bits per heavy atom. The van der Waals surface area contributed by atoms with Gasteiger partial charge in [0.05, 0.1) is 0 Å². The Bertz CT molecular complexity index is 306. The minimum absolute atomic E-state index is 0.0768. The summed E-state index contributed by atoms with van der Waals surface area (Å²) in [7, 11) is 3.83. The average Bonchev–Trinajstić information content (AvgIpc) is 2.22. The first-order chi connectivity index (χ1) is 7.01. The zero-order valence-electron chi connectivity index (χ0n) is 9.76. The molecule has 2 nitrogen and oxygen atoms in total. The normalized spacial score (nSPS) is 13.9. The minimum Gasteiger partial charge on any atom is -0.313 e. The van der Waals surface area contributed by atoms with E-state index in [9.17, 15) is 4.39 Å². The zero-order valence-corrected chi connectivity index (χ0v) is 9.76. The van der Waals surface area contributed by atoms with E-state index in [4.69, 9.17) is 0 Å². The summed E-state index contributed by atoms with van der Waals surface area (Å²) in [5.41, 5.74) is 1.00. The third-order valence-electron chi connectivity index (χ3n) is 2.86. The maximum Gasteiger partial charge on any atom is 0.123 e. The van der Waals surface area contributed by atoms with Crippen molar-refractivity contribution in [2.45, 2.75) is 25.4 Å². The van der Waals surface area contributed by atoms with Crippen LogP contribution in [0.25, 0.3) is 0 Å². The lowest BCUT2D eigenvalue weighted by Gasteiger charge is -2.34. The Hall–Kier alpha value is -0.930. The van der Waals surface area contributed by atoms with Crippen LogP contribution in [0.1, 0.15) is 25.5 Å². The third-order valence-corrected chi connectivity index (χ3v) is 2.86. The highest BCUT2D eigenvalue weighted by atomic mass is 19.1. The number of halogens is 1. The molecule has 15 heavy (non-hydrogen) atoms. The van der Waals surface area contributed by atoms with Gasteiger partial charge in [0, 0.05) is 11.6 Å². The Labute approximate surface area is 90.9 Å². The van der Waals surface area contributed by atoms with Crippen LogP contribution in [0.3, 0.4) is 0 Å². The van der Waals surface area contributed by atoms with Crippen molar-refractivity contribution in [3.8, 4) is 0 Å². The molecule has 1 atom stereocenters. The van der Waals surface area contributed by atoms with Gasteiger partial charge < -0.3 is 10.6 Å². The maximum atomic E-state index is 12.8. The molecule has 0 aliphatic carbocycles. The van der Waals surface area contributed by atoms with E-state index in [1.165, 1.54) is 12.1 Å². The van der Waals surface area contributed by atoms with Crippen LogP contribution in [-0.2, 0) is 0 Å². The molecule has 0 saturated heterocycles. The third kappa shape index (κ3) is 2.76. The van der Waals surface area contributed by atoms with Gasteiger partial charge in [0.15, 0.2) is 0 Å². The predicted octanol–water partition coefficient (Wildman–Crippen LogP) is 2.08. The van der Waals surface area contributed by atoms with E-state index < -0.39 is 0 Å². The molecule has 0 spiro atoms. The molecule has 84 valence electrons. The fourth-order valence-corrected chi connectivity index (χ4v) is 1.74. The molecule has 0 aromatic heterocycles. The van der Waals surface area contributed by atoms with E-state index in [1.54, 1.807) is 0 Å². The topological polar surface area (TPSA) is 24.1 Å². The van der Waals surface area contributed by atoms with Gasteiger partial charge >= 0.3 is 0 Å². The van der Waals surface area contributed by atoms with Gasteiger partial charge in [0.25, 0.3) is 0 Å². The second-order valence-corrected chi connectivity index (χ2v) is 4.24. The van der Waals surface area contributed by atoms with Gasteiger partial charge in [-0.15, -0.1) is 0 Å². The molecule has 3 heteroatoms. The Morgan fingerprint density at radius 1 is 1.13 bits per heavy atom. The van der Waals surface area contributed by atoms with Crippen molar-refractivity contribution >= 4 is 0 Å². The molecule has 0 heterocycles. The Kier molecular flexibility index (Phi) is 3.83. The summed E-state index contributed by atoms with van der Waals surface area (Å²) in [5, 5.41) is 6.49. The molecule has 0 radical (unpaired) electrons. The van der Waals surface area contributed by atoms with Crippen LogP contribution in [0.5, 0.6) is 0 Å². The van der Waals surface area contributed by atoms with Gasteiger partial charge in [-0.25, -0.2) is 4.39 Å². The van der Waals surface area contributed by atoms with Crippen molar-refractivity contribution in [1.29, 1.82) is 0 Å². The van der Waals surface area contributed by atoms with E-state index in [0.717, 1.165) is 5.56 Å². The predicted molar refractivity (Wildman–Crippen MR) is 61.3 cm³/mol. The van der Waals surface area contributed by atoms with E-state index in [1.807, 2.05) is 26.2 Å². The monoisotopic (exact) mass is 210 g/mol. The zero-order chi connectivity index (χ0) is 11.5. The summed E-state index contributed by atoms with van der Waals surface area (Å²) in [4.78, 5) is 0. The molecule has 0 aliphatic rings. The summed E-state index contributed by atoms with van der Waals surface area (Å²) >= 11 is 0. The quantitative estimate of drug-likeness (QED) is 0.795. The van der Waals surface area contributed by atoms with Crippen molar-refractivity contribution < 1.29 is 4.39 Å². The standard InChI is InChI=1S/C12H19FN2/c1-12(2,15-4)11(14-3)9-5-7-10(13)8-6-9/h5-8,11,14-15H,1-4H3. The molecule has 0 saturated carbocycles. The number of hydrogen-bond donors (Lipinski definition) is 2. The molecule has 1 unspecified atom stereocenters. The maximum absolute atomic E-state index is 12.8. The van der Waals surface area contributed by atoms with E-state index >= 15 is 0 Å². The van der Waals surface area contributed by atoms with Crippen molar-refractivity contribution in [1.82, 2.24) is 10.6 Å². The lowest BCUT2D eigenvalue weighted by molar-refractivity contribution is 0.311. The number of rotatable bonds is 4. The molecule has 1 aromatic carbocycles. The van der Waals surface area contributed by atoms with E-state index in [0.29, 0.717) is 0 Å². The molecule has 0 amide bonds. The fraction of sp³-hybridized carbons (Fsp3) is 0.500. The van der Waals surface area contributed by atoms with Crippen molar-refractivity contribution in [2.75, 3.05) is 14.1 Å². The highest BCUT2D eigenvalue weighted by Crippen LogP contribution is 2.24. The fourth-order valence-electron chi connectivity index (χ4n) is 1.74. The highest BCUT2D eigenvalue weighted by Gasteiger charge is 2.27. The summed E-state index contributed by atoms with van der Waals surface area (Å²) in [6.45, 7) is 4.22. The van der Waals surface area contributed by atoms with Gasteiger partial charge in [-0.1, -0.05) is 12.1 Å². The van der Waals surface area contributed by atoms with Gasteiger partial charge in [-0.05, 0) is 45.6 Å². The Morgan fingerprint density at radius 3 is 2.07 bits per heavy atom. The largest absolute Gasteiger partial charge is 0.313 e. The van der Waals surface area contributed by atoms with Crippen molar-refractivity contribution in [3.63, 3.8) is 0 Å². The summed E-state index contributed by atoms with van der Waals surface area (Å²) in [5.74, 6) is -0.198. The average molecular weight is 210 g/mol. The summed E-state index contributed by atoms with van der Waals surface area (Å²) in [6.07, 6.45) is 0. The van der Waals surface area contributed by atoms with Crippen LogP contribution in [0.2, 0.25) is 0 Å². The van der Waals surface area contributed by atoms with Crippen LogP contribution >= 0.6 is 0 Å². The van der Waals surface area contributed by atoms with Crippen LogP contribution in [-0.4, -0.2) is 19.6 Å². The van der Waals surface area contributed by atoms with Crippen molar-refractivity contribution in [2.24, 2.45) is 0 Å². The van der Waals surface area contributed by atoms with Crippen molar-refractivity contribution in [3.05, 3.63) is 35.6 Å². The first-order valence-electron chi connectivity index (χ1n) is 5.13. The second kappa shape index (κ2) is 4.73. The molecule has 1 rings (SSSR count). The van der Waals surface area contributed by atoms with Crippen LogP contribution in [0.4, 0.5) is 4.39 Å². The minimum atomic E-state index is -0.198. The molecule has 2 N–H and O–H groups in total. The number of likely N-dealkylation sites (N-methyl/N-ethyl adjacent to an activating group) is 2. The first kappa shape index (κ1) is 12.1. The lowest BCUT2D eigenvalue weighted by atomic mass is 9.89. The van der Waals surface area contributed by atoms with Crippen LogP contribution in [0, 0.1) is 5.82 Å². The number of benzene rings is 1. The molecule has 0 bridgehead atoms. The van der Waals surface area contributed by atoms with Crippen LogP contribution < -0.4 is 10.6 Å².